The number of urea groups is 1. The summed E-state index contributed by atoms with van der Waals surface area (Å²) in [4.78, 5) is 32.4. The number of ether oxygens (including phenoxy) is 1. The minimum Gasteiger partial charge on any atom is -0.462 e. The van der Waals surface area contributed by atoms with Gasteiger partial charge in [-0.1, -0.05) is 0 Å². The molecular formula is C11H12N2O5. The highest BCUT2D eigenvalue weighted by Gasteiger charge is 2.06. The lowest BCUT2D eigenvalue weighted by molar-refractivity contribution is -0.143. The lowest BCUT2D eigenvalue weighted by Gasteiger charge is -2.00. The monoisotopic (exact) mass is 252 g/mol. The van der Waals surface area contributed by atoms with E-state index in [2.05, 4.69) is 4.74 Å². The minimum atomic E-state index is -1.00. The Kier molecular flexibility index (Phi) is 4.67. The first kappa shape index (κ1) is 13.5. The van der Waals surface area contributed by atoms with Gasteiger partial charge in [-0.25, -0.2) is 9.59 Å². The molecule has 0 aromatic carbocycles. The number of hydrogen-bond acceptors (Lipinski definition) is 5. The number of primary amides is 1. The Hall–Kier alpha value is -2.57. The largest absolute Gasteiger partial charge is 0.462 e. The molecule has 0 bridgehead atoms. The number of amides is 3. The maximum atomic E-state index is 11.2. The number of rotatable bonds is 4. The molecule has 0 fully saturated rings. The van der Waals surface area contributed by atoms with Crippen LogP contribution in [0.4, 0.5) is 4.79 Å². The molecule has 0 unspecified atom stereocenters. The van der Waals surface area contributed by atoms with Crippen LogP contribution in [0.1, 0.15) is 11.5 Å². The number of nitrogens with one attached hydrogen (secondary N) is 1. The number of nitrogens with two attached hydrogens (primary N) is 1. The Morgan fingerprint density at radius 3 is 2.72 bits per heavy atom. The fraction of sp³-hybridized carbons (Fsp3) is 0.182. The van der Waals surface area contributed by atoms with Crippen LogP contribution in [-0.4, -0.2) is 24.5 Å². The molecule has 0 atom stereocenters. The summed E-state index contributed by atoms with van der Waals surface area (Å²) in [7, 11) is 0. The van der Waals surface area contributed by atoms with Gasteiger partial charge in [0, 0.05) is 6.08 Å². The van der Waals surface area contributed by atoms with Crippen molar-refractivity contribution in [3.63, 3.8) is 0 Å². The number of aryl methyl sites for hydroxylation is 1. The summed E-state index contributed by atoms with van der Waals surface area (Å²) in [5, 5.41) is 1.76. The highest BCUT2D eigenvalue weighted by atomic mass is 16.5. The van der Waals surface area contributed by atoms with Gasteiger partial charge in [0.1, 0.15) is 11.5 Å². The van der Waals surface area contributed by atoms with Crippen molar-refractivity contribution in [2.75, 3.05) is 6.61 Å². The number of carbonyl (C=O) groups is 3. The van der Waals surface area contributed by atoms with Crippen LogP contribution in [0.25, 0.3) is 6.08 Å². The Bertz CT molecular complexity index is 489. The molecule has 0 aliphatic rings. The van der Waals surface area contributed by atoms with Gasteiger partial charge in [-0.2, -0.15) is 0 Å². The van der Waals surface area contributed by atoms with Crippen molar-refractivity contribution in [1.82, 2.24) is 5.32 Å². The Morgan fingerprint density at radius 2 is 2.17 bits per heavy atom. The number of carbonyl (C=O) groups excluding carboxylic acids is 3. The average Bonchev–Trinajstić information content (AvgIpc) is 2.69. The zero-order chi connectivity index (χ0) is 13.5. The lowest BCUT2D eigenvalue weighted by atomic mass is 10.4. The quantitative estimate of drug-likeness (QED) is 0.592. The summed E-state index contributed by atoms with van der Waals surface area (Å²) in [6.45, 7) is 1.19. The van der Waals surface area contributed by atoms with E-state index < -0.39 is 24.5 Å². The standard InChI is InChI=1S/C11H12N2O5/c1-7-2-3-8(18-7)4-5-10(15)17-6-9(14)13-11(12)16/h2-5H,6H2,1H3,(H3,12,13,14,16)/b5-4+. The van der Waals surface area contributed by atoms with E-state index in [0.717, 1.165) is 6.08 Å². The Labute approximate surface area is 103 Å². The molecular weight excluding hydrogens is 240 g/mol. The van der Waals surface area contributed by atoms with Crippen LogP contribution in [0.2, 0.25) is 0 Å². The molecule has 96 valence electrons. The second kappa shape index (κ2) is 6.24. The summed E-state index contributed by atoms with van der Waals surface area (Å²) in [6, 6.07) is 2.42. The van der Waals surface area contributed by atoms with E-state index in [0.29, 0.717) is 11.5 Å². The highest BCUT2D eigenvalue weighted by Crippen LogP contribution is 2.07. The van der Waals surface area contributed by atoms with E-state index in [1.807, 2.05) is 0 Å². The maximum absolute atomic E-state index is 11.2. The van der Waals surface area contributed by atoms with Gasteiger partial charge in [0.15, 0.2) is 6.61 Å². The first-order valence-electron chi connectivity index (χ1n) is 4.98. The summed E-state index contributed by atoms with van der Waals surface area (Å²) in [5.74, 6) is -0.323. The number of hydrogen-bond donors (Lipinski definition) is 2. The van der Waals surface area contributed by atoms with E-state index in [4.69, 9.17) is 10.2 Å². The van der Waals surface area contributed by atoms with Gasteiger partial charge in [-0.05, 0) is 25.1 Å². The second-order valence-electron chi connectivity index (χ2n) is 3.30. The van der Waals surface area contributed by atoms with Crippen LogP contribution in [0.3, 0.4) is 0 Å². The summed E-state index contributed by atoms with van der Waals surface area (Å²) in [6.07, 6.45) is 2.51. The molecule has 0 aliphatic carbocycles. The van der Waals surface area contributed by atoms with Crippen molar-refractivity contribution in [1.29, 1.82) is 0 Å². The van der Waals surface area contributed by atoms with E-state index in [9.17, 15) is 14.4 Å². The third-order valence-corrected chi connectivity index (χ3v) is 1.75. The molecule has 1 heterocycles. The van der Waals surface area contributed by atoms with E-state index in [1.54, 1.807) is 24.4 Å². The van der Waals surface area contributed by atoms with Crippen molar-refractivity contribution in [2.24, 2.45) is 5.73 Å². The van der Waals surface area contributed by atoms with Crippen LogP contribution >= 0.6 is 0 Å². The molecule has 18 heavy (non-hydrogen) atoms. The zero-order valence-corrected chi connectivity index (χ0v) is 9.64. The van der Waals surface area contributed by atoms with Gasteiger partial charge in [0.05, 0.1) is 0 Å². The van der Waals surface area contributed by atoms with Crippen LogP contribution in [0.5, 0.6) is 0 Å². The Morgan fingerprint density at radius 1 is 1.44 bits per heavy atom. The van der Waals surface area contributed by atoms with Crippen LogP contribution in [0, 0.1) is 6.92 Å². The third kappa shape index (κ3) is 4.97. The van der Waals surface area contributed by atoms with E-state index >= 15 is 0 Å². The number of imide groups is 1. The second-order valence-corrected chi connectivity index (χ2v) is 3.30. The molecule has 0 spiro atoms. The predicted molar refractivity (Wildman–Crippen MR) is 61.2 cm³/mol. The van der Waals surface area contributed by atoms with Gasteiger partial charge < -0.3 is 14.9 Å². The molecule has 3 N–H and O–H groups in total. The topological polar surface area (TPSA) is 112 Å². The van der Waals surface area contributed by atoms with E-state index in [1.165, 1.54) is 6.08 Å². The smallest absolute Gasteiger partial charge is 0.331 e. The highest BCUT2D eigenvalue weighted by molar-refractivity contribution is 5.95. The summed E-state index contributed by atoms with van der Waals surface area (Å²) >= 11 is 0. The van der Waals surface area contributed by atoms with Gasteiger partial charge >= 0.3 is 12.0 Å². The van der Waals surface area contributed by atoms with Crippen molar-refractivity contribution in [3.05, 3.63) is 29.7 Å². The zero-order valence-electron chi connectivity index (χ0n) is 9.64. The number of furan rings is 1. The molecule has 1 aromatic heterocycles. The van der Waals surface area contributed by atoms with Gasteiger partial charge in [0.2, 0.25) is 0 Å². The normalized spacial score (nSPS) is 10.3. The molecule has 7 nitrogen and oxygen atoms in total. The minimum absolute atomic E-state index is 0.492. The maximum Gasteiger partial charge on any atom is 0.331 e. The van der Waals surface area contributed by atoms with Crippen LogP contribution in [0.15, 0.2) is 22.6 Å². The van der Waals surface area contributed by atoms with Crippen molar-refractivity contribution < 1.29 is 23.5 Å². The van der Waals surface area contributed by atoms with Crippen LogP contribution < -0.4 is 11.1 Å². The fourth-order valence-corrected chi connectivity index (χ4v) is 1.05. The molecule has 0 saturated carbocycles. The van der Waals surface area contributed by atoms with Crippen LogP contribution in [-0.2, 0) is 14.3 Å². The molecule has 0 saturated heterocycles. The molecule has 3 amide bonds. The molecule has 7 heteroatoms. The summed E-state index contributed by atoms with van der Waals surface area (Å²) in [5.41, 5.74) is 4.70. The average molecular weight is 252 g/mol. The van der Waals surface area contributed by atoms with Gasteiger partial charge in [0.25, 0.3) is 5.91 Å². The van der Waals surface area contributed by atoms with E-state index in [-0.39, 0.29) is 0 Å². The van der Waals surface area contributed by atoms with Crippen molar-refractivity contribution in [3.8, 4) is 0 Å². The lowest BCUT2D eigenvalue weighted by Crippen LogP contribution is -2.37. The molecule has 1 aromatic rings. The summed E-state index contributed by atoms with van der Waals surface area (Å²) < 4.78 is 9.72. The SMILES string of the molecule is Cc1ccc(/C=C/C(=O)OCC(=O)NC(N)=O)o1. The van der Waals surface area contributed by atoms with Gasteiger partial charge in [-0.15, -0.1) is 0 Å². The third-order valence-electron chi connectivity index (χ3n) is 1.75. The molecule has 1 rings (SSSR count). The van der Waals surface area contributed by atoms with Crippen molar-refractivity contribution in [2.45, 2.75) is 6.92 Å². The predicted octanol–water partition coefficient (Wildman–Crippen LogP) is 0.339. The number of esters is 1. The first-order chi connectivity index (χ1) is 8.47. The first-order valence-corrected chi connectivity index (χ1v) is 4.98. The molecule has 0 aliphatic heterocycles. The fourth-order valence-electron chi connectivity index (χ4n) is 1.05. The van der Waals surface area contributed by atoms with Gasteiger partial charge in [-0.3, -0.25) is 10.1 Å². The molecule has 0 radical (unpaired) electrons. The van der Waals surface area contributed by atoms with Crippen molar-refractivity contribution >= 4 is 24.0 Å². The Balaban J connectivity index is 2.36.